The molecule has 1 rings (SSSR count). The van der Waals surface area contributed by atoms with Gasteiger partial charge >= 0.3 is 0 Å². The van der Waals surface area contributed by atoms with E-state index in [1.807, 2.05) is 0 Å². The molecule has 0 aromatic heterocycles. The Morgan fingerprint density at radius 1 is 1.20 bits per heavy atom. The summed E-state index contributed by atoms with van der Waals surface area (Å²) in [5, 5.41) is 3.56. The minimum Gasteiger partial charge on any atom is -0.496 e. The van der Waals surface area contributed by atoms with E-state index in [0.29, 0.717) is 0 Å². The predicted molar refractivity (Wildman–Crippen MR) is 84.6 cm³/mol. The van der Waals surface area contributed by atoms with Crippen LogP contribution in [-0.2, 0) is 4.74 Å². The third kappa shape index (κ3) is 4.22. The van der Waals surface area contributed by atoms with E-state index in [1.165, 1.54) is 16.7 Å². The second kappa shape index (κ2) is 7.09. The molecule has 0 heterocycles. The van der Waals surface area contributed by atoms with Gasteiger partial charge in [-0.25, -0.2) is 0 Å². The van der Waals surface area contributed by atoms with Crippen molar-refractivity contribution in [2.24, 2.45) is 0 Å². The van der Waals surface area contributed by atoms with E-state index in [2.05, 4.69) is 52.1 Å². The van der Waals surface area contributed by atoms with Crippen LogP contribution < -0.4 is 10.1 Å². The first-order valence-corrected chi connectivity index (χ1v) is 7.28. The van der Waals surface area contributed by atoms with E-state index < -0.39 is 0 Å². The molecule has 114 valence electrons. The van der Waals surface area contributed by atoms with Gasteiger partial charge in [-0.1, -0.05) is 13.0 Å². The highest BCUT2D eigenvalue weighted by atomic mass is 16.5. The molecule has 0 fully saturated rings. The van der Waals surface area contributed by atoms with Crippen LogP contribution in [0.3, 0.4) is 0 Å². The van der Waals surface area contributed by atoms with Crippen molar-refractivity contribution < 1.29 is 9.47 Å². The van der Waals surface area contributed by atoms with Crippen molar-refractivity contribution >= 4 is 0 Å². The monoisotopic (exact) mass is 279 g/mol. The van der Waals surface area contributed by atoms with Crippen LogP contribution in [0, 0.1) is 13.8 Å². The lowest BCUT2D eigenvalue weighted by atomic mass is 9.89. The maximum absolute atomic E-state index is 5.60. The zero-order valence-corrected chi connectivity index (χ0v) is 14.0. The fraction of sp³-hybridized carbons (Fsp3) is 0.647. The fourth-order valence-corrected chi connectivity index (χ4v) is 2.65. The van der Waals surface area contributed by atoms with Crippen LogP contribution in [0.25, 0.3) is 0 Å². The number of aryl methyl sites for hydroxylation is 2. The standard InChI is InChI=1S/C17H29NO2/c1-8-18-14(11-17(4,5)20-7)16-13(3)9-12(2)10-15(16)19-6/h9-10,14,18H,8,11H2,1-7H3. The average molecular weight is 279 g/mol. The molecular formula is C17H29NO2. The number of hydrogen-bond acceptors (Lipinski definition) is 3. The minimum atomic E-state index is -0.171. The maximum atomic E-state index is 5.60. The summed E-state index contributed by atoms with van der Waals surface area (Å²) in [6, 6.07) is 4.54. The molecule has 1 N–H and O–H groups in total. The van der Waals surface area contributed by atoms with Crippen LogP contribution in [0.15, 0.2) is 12.1 Å². The fourth-order valence-electron chi connectivity index (χ4n) is 2.65. The van der Waals surface area contributed by atoms with Crippen molar-refractivity contribution in [1.82, 2.24) is 5.32 Å². The summed E-state index contributed by atoms with van der Waals surface area (Å²) in [5.74, 6) is 0.959. The summed E-state index contributed by atoms with van der Waals surface area (Å²) in [4.78, 5) is 0. The Balaban J connectivity index is 3.20. The van der Waals surface area contributed by atoms with Gasteiger partial charge in [0.1, 0.15) is 5.75 Å². The summed E-state index contributed by atoms with van der Waals surface area (Å²) in [5.41, 5.74) is 3.56. The van der Waals surface area contributed by atoms with Gasteiger partial charge < -0.3 is 14.8 Å². The van der Waals surface area contributed by atoms with Gasteiger partial charge in [-0.15, -0.1) is 0 Å². The van der Waals surface area contributed by atoms with Gasteiger partial charge in [-0.2, -0.15) is 0 Å². The molecule has 0 aliphatic carbocycles. The lowest BCUT2D eigenvalue weighted by Gasteiger charge is -2.31. The van der Waals surface area contributed by atoms with Crippen molar-refractivity contribution in [3.05, 3.63) is 28.8 Å². The Morgan fingerprint density at radius 2 is 1.85 bits per heavy atom. The molecule has 1 aromatic rings. The van der Waals surface area contributed by atoms with Gasteiger partial charge in [0.2, 0.25) is 0 Å². The normalized spacial score (nSPS) is 13.3. The molecule has 0 bridgehead atoms. The molecule has 0 saturated heterocycles. The van der Waals surface area contributed by atoms with Gasteiger partial charge in [-0.3, -0.25) is 0 Å². The lowest BCUT2D eigenvalue weighted by molar-refractivity contribution is 0.00676. The topological polar surface area (TPSA) is 30.5 Å². The van der Waals surface area contributed by atoms with E-state index in [1.54, 1.807) is 14.2 Å². The summed E-state index contributed by atoms with van der Waals surface area (Å²) in [6.45, 7) is 11.5. The molecule has 1 aromatic carbocycles. The smallest absolute Gasteiger partial charge is 0.124 e. The van der Waals surface area contributed by atoms with Gasteiger partial charge in [0.25, 0.3) is 0 Å². The van der Waals surface area contributed by atoms with E-state index in [0.717, 1.165) is 18.7 Å². The molecule has 0 aliphatic rings. The molecule has 3 nitrogen and oxygen atoms in total. The Labute approximate surface area is 123 Å². The molecule has 0 radical (unpaired) electrons. The Bertz CT molecular complexity index is 441. The van der Waals surface area contributed by atoms with Gasteiger partial charge in [0.05, 0.1) is 12.7 Å². The highest BCUT2D eigenvalue weighted by molar-refractivity contribution is 5.45. The summed E-state index contributed by atoms with van der Waals surface area (Å²) in [7, 11) is 3.50. The number of hydrogen-bond donors (Lipinski definition) is 1. The summed E-state index contributed by atoms with van der Waals surface area (Å²) in [6.07, 6.45) is 0.900. The van der Waals surface area contributed by atoms with Gasteiger partial charge in [0.15, 0.2) is 0 Å². The molecule has 20 heavy (non-hydrogen) atoms. The zero-order chi connectivity index (χ0) is 15.3. The number of nitrogens with one attached hydrogen (secondary N) is 1. The quantitative estimate of drug-likeness (QED) is 0.824. The van der Waals surface area contributed by atoms with Crippen LogP contribution in [0.4, 0.5) is 0 Å². The Hall–Kier alpha value is -1.06. The Kier molecular flexibility index (Phi) is 6.03. The largest absolute Gasteiger partial charge is 0.496 e. The average Bonchev–Trinajstić information content (AvgIpc) is 2.37. The van der Waals surface area contributed by atoms with Crippen molar-refractivity contribution in [3.63, 3.8) is 0 Å². The number of rotatable bonds is 7. The van der Waals surface area contributed by atoms with Crippen molar-refractivity contribution in [2.45, 2.75) is 52.7 Å². The van der Waals surface area contributed by atoms with Crippen molar-refractivity contribution in [2.75, 3.05) is 20.8 Å². The highest BCUT2D eigenvalue weighted by Gasteiger charge is 2.26. The van der Waals surface area contributed by atoms with Crippen LogP contribution in [0.2, 0.25) is 0 Å². The highest BCUT2D eigenvalue weighted by Crippen LogP contribution is 2.35. The first-order valence-electron chi connectivity index (χ1n) is 7.28. The van der Waals surface area contributed by atoms with Crippen LogP contribution in [0.1, 0.15) is 49.9 Å². The van der Waals surface area contributed by atoms with Crippen LogP contribution in [0.5, 0.6) is 5.75 Å². The maximum Gasteiger partial charge on any atom is 0.124 e. The van der Waals surface area contributed by atoms with Gasteiger partial charge in [-0.05, 0) is 57.9 Å². The van der Waals surface area contributed by atoms with Crippen LogP contribution in [-0.4, -0.2) is 26.4 Å². The predicted octanol–water partition coefficient (Wildman–Crippen LogP) is 3.78. The SMILES string of the molecule is CCNC(CC(C)(C)OC)c1c(C)cc(C)cc1OC. The summed E-state index contributed by atoms with van der Waals surface area (Å²) >= 11 is 0. The molecule has 0 aliphatic heterocycles. The third-order valence-electron chi connectivity index (χ3n) is 3.76. The summed E-state index contributed by atoms with van der Waals surface area (Å²) < 4.78 is 11.2. The number of ether oxygens (including phenoxy) is 2. The molecule has 3 heteroatoms. The number of methoxy groups -OCH3 is 2. The first kappa shape index (κ1) is 17.0. The molecule has 1 unspecified atom stereocenters. The second-order valence-electron chi connectivity index (χ2n) is 5.98. The van der Waals surface area contributed by atoms with Gasteiger partial charge in [0, 0.05) is 18.7 Å². The van der Waals surface area contributed by atoms with Crippen molar-refractivity contribution in [3.8, 4) is 5.75 Å². The number of benzene rings is 1. The van der Waals surface area contributed by atoms with Crippen molar-refractivity contribution in [1.29, 1.82) is 0 Å². The molecule has 0 saturated carbocycles. The molecule has 0 spiro atoms. The minimum absolute atomic E-state index is 0.171. The molecule has 0 amide bonds. The lowest BCUT2D eigenvalue weighted by Crippen LogP contribution is -2.32. The zero-order valence-electron chi connectivity index (χ0n) is 14.0. The van der Waals surface area contributed by atoms with E-state index in [-0.39, 0.29) is 11.6 Å². The van der Waals surface area contributed by atoms with Crippen LogP contribution >= 0.6 is 0 Å². The Morgan fingerprint density at radius 3 is 2.35 bits per heavy atom. The van der Waals surface area contributed by atoms with E-state index in [9.17, 15) is 0 Å². The van der Waals surface area contributed by atoms with E-state index >= 15 is 0 Å². The third-order valence-corrected chi connectivity index (χ3v) is 3.76. The molecular weight excluding hydrogens is 250 g/mol. The second-order valence-corrected chi connectivity index (χ2v) is 5.98. The molecule has 1 atom stereocenters. The first-order chi connectivity index (χ1) is 9.34. The van der Waals surface area contributed by atoms with E-state index in [4.69, 9.17) is 9.47 Å².